The summed E-state index contributed by atoms with van der Waals surface area (Å²) >= 11 is 0. The van der Waals surface area contributed by atoms with Crippen molar-refractivity contribution in [1.82, 2.24) is 0 Å². The first kappa shape index (κ1) is 28.8. The smallest absolute Gasteiger partial charge is 0.468 e. The van der Waals surface area contributed by atoms with Crippen LogP contribution in [0.4, 0.5) is 13.2 Å². The predicted octanol–water partition coefficient (Wildman–Crippen LogP) is 2.02. The molecule has 10 nitrogen and oxygen atoms in total. The van der Waals surface area contributed by atoms with Gasteiger partial charge in [0, 0.05) is 12.8 Å². The number of hydrogen-bond donors (Lipinski definition) is 0. The van der Waals surface area contributed by atoms with Crippen LogP contribution in [0.3, 0.4) is 0 Å². The maximum Gasteiger partial charge on any atom is 0.534 e. The second-order valence-electron chi connectivity index (χ2n) is 8.39. The Bertz CT molecular complexity index is 903. The van der Waals surface area contributed by atoms with E-state index in [1.807, 2.05) is 13.8 Å². The summed E-state index contributed by atoms with van der Waals surface area (Å²) in [5.74, 6) is -2.94. The number of ketones is 1. The Kier molecular flexibility index (Phi) is 9.08. The minimum Gasteiger partial charge on any atom is -0.468 e. The molecule has 33 heavy (non-hydrogen) atoms. The molecule has 0 aromatic rings. The quantitative estimate of drug-likeness (QED) is 0.242. The van der Waals surface area contributed by atoms with E-state index in [2.05, 4.69) is 13.7 Å². The van der Waals surface area contributed by atoms with Crippen LogP contribution in [0.5, 0.6) is 0 Å². The topological polar surface area (TPSA) is 132 Å². The van der Waals surface area contributed by atoms with E-state index in [-0.39, 0.29) is 30.8 Å². The molecule has 1 atom stereocenters. The number of methoxy groups -OCH3 is 2. The first-order valence-electron chi connectivity index (χ1n) is 9.55. The lowest BCUT2D eigenvalue weighted by molar-refractivity contribution is -0.163. The van der Waals surface area contributed by atoms with Gasteiger partial charge in [-0.2, -0.15) is 21.6 Å². The molecule has 1 unspecified atom stereocenters. The van der Waals surface area contributed by atoms with Gasteiger partial charge in [0.1, 0.15) is 17.3 Å². The van der Waals surface area contributed by atoms with Crippen molar-refractivity contribution < 1.29 is 59.1 Å². The second-order valence-corrected chi connectivity index (χ2v) is 9.93. The Hall–Kier alpha value is -2.19. The molecule has 2 rings (SSSR count). The highest BCUT2D eigenvalue weighted by atomic mass is 32.2. The third-order valence-corrected chi connectivity index (χ3v) is 5.56. The fourth-order valence-corrected chi connectivity index (χ4v) is 3.30. The maximum absolute atomic E-state index is 12.3. The van der Waals surface area contributed by atoms with E-state index in [1.165, 1.54) is 21.0 Å². The van der Waals surface area contributed by atoms with Crippen molar-refractivity contribution in [2.75, 3.05) is 27.4 Å². The fourth-order valence-electron chi connectivity index (χ4n) is 2.79. The molecule has 2 heterocycles. The minimum absolute atomic E-state index is 0.0944. The maximum atomic E-state index is 12.3. The number of carbonyl (C=O) groups excluding carboxylic acids is 3. The van der Waals surface area contributed by atoms with Crippen molar-refractivity contribution in [2.45, 2.75) is 57.2 Å². The van der Waals surface area contributed by atoms with Gasteiger partial charge in [0.25, 0.3) is 0 Å². The number of ether oxygens (including phenoxy) is 4. The molecular formula is C19H27F3O10S. The van der Waals surface area contributed by atoms with E-state index in [1.54, 1.807) is 0 Å². The summed E-state index contributed by atoms with van der Waals surface area (Å²) in [7, 11) is -3.57. The molecule has 0 spiro atoms. The van der Waals surface area contributed by atoms with Crippen LogP contribution in [-0.2, 0) is 47.6 Å². The molecule has 0 saturated carbocycles. The van der Waals surface area contributed by atoms with Crippen LogP contribution in [0.1, 0.15) is 40.5 Å². The molecule has 0 aliphatic carbocycles. The standard InChI is InChI=1S/C10H13F3O6S.C9H14O4/c1-9(2)4-7(6(5-18-9)8(14)17-3)19-20(15,16)10(11,12)13;1-9(2)4-7(10)6(5-13-9)8(11)12-3/h4-5H2,1-3H3;6H,4-5H2,1-3H3. The van der Waals surface area contributed by atoms with Crippen LogP contribution >= 0.6 is 0 Å². The number of rotatable bonds is 4. The summed E-state index contributed by atoms with van der Waals surface area (Å²) in [6.45, 7) is 6.44. The Morgan fingerprint density at radius 3 is 2.00 bits per heavy atom. The van der Waals surface area contributed by atoms with Crippen molar-refractivity contribution in [2.24, 2.45) is 5.92 Å². The van der Waals surface area contributed by atoms with Crippen LogP contribution in [0.15, 0.2) is 11.3 Å². The summed E-state index contributed by atoms with van der Waals surface area (Å²) in [4.78, 5) is 33.9. The van der Waals surface area contributed by atoms with Crippen molar-refractivity contribution in [3.8, 4) is 0 Å². The van der Waals surface area contributed by atoms with E-state index in [0.717, 1.165) is 7.11 Å². The molecule has 0 aromatic heterocycles. The zero-order valence-electron chi connectivity index (χ0n) is 19.0. The number of carbonyl (C=O) groups is 3. The lowest BCUT2D eigenvalue weighted by atomic mass is 9.90. The van der Waals surface area contributed by atoms with Crippen LogP contribution < -0.4 is 0 Å². The van der Waals surface area contributed by atoms with Gasteiger partial charge < -0.3 is 23.1 Å². The highest BCUT2D eigenvalue weighted by molar-refractivity contribution is 7.87. The van der Waals surface area contributed by atoms with Gasteiger partial charge in [0.15, 0.2) is 5.78 Å². The molecule has 2 aliphatic heterocycles. The van der Waals surface area contributed by atoms with Gasteiger partial charge in [0.05, 0.1) is 38.6 Å². The van der Waals surface area contributed by atoms with Gasteiger partial charge in [-0.1, -0.05) is 0 Å². The Balaban J connectivity index is 0.000000361. The normalized spacial score (nSPS) is 22.6. The van der Waals surface area contributed by atoms with Gasteiger partial charge in [0.2, 0.25) is 0 Å². The molecule has 0 bridgehead atoms. The van der Waals surface area contributed by atoms with Gasteiger partial charge in [-0.3, -0.25) is 9.59 Å². The number of alkyl halides is 3. The molecule has 1 fully saturated rings. The Labute approximate surface area is 189 Å². The van der Waals surface area contributed by atoms with Gasteiger partial charge >= 0.3 is 27.6 Å². The lowest BCUT2D eigenvalue weighted by Crippen LogP contribution is -2.43. The van der Waals surface area contributed by atoms with E-state index >= 15 is 0 Å². The lowest BCUT2D eigenvalue weighted by Gasteiger charge is -2.32. The van der Waals surface area contributed by atoms with Crippen molar-refractivity contribution in [3.05, 3.63) is 11.3 Å². The predicted molar refractivity (Wildman–Crippen MR) is 105 cm³/mol. The highest BCUT2D eigenvalue weighted by Gasteiger charge is 2.50. The third kappa shape index (κ3) is 7.96. The van der Waals surface area contributed by atoms with Crippen LogP contribution in [0.2, 0.25) is 0 Å². The molecule has 0 N–H and O–H groups in total. The van der Waals surface area contributed by atoms with E-state index in [9.17, 15) is 36.0 Å². The van der Waals surface area contributed by atoms with Crippen LogP contribution in [0.25, 0.3) is 0 Å². The summed E-state index contributed by atoms with van der Waals surface area (Å²) in [6.07, 6.45) is -0.0422. The number of hydrogen-bond acceptors (Lipinski definition) is 10. The molecule has 0 aromatic carbocycles. The molecule has 0 amide bonds. The van der Waals surface area contributed by atoms with Crippen molar-refractivity contribution in [3.63, 3.8) is 0 Å². The zero-order valence-corrected chi connectivity index (χ0v) is 19.8. The summed E-state index contributed by atoms with van der Waals surface area (Å²) in [6, 6.07) is 0. The zero-order chi connectivity index (χ0) is 25.8. The van der Waals surface area contributed by atoms with Crippen LogP contribution in [-0.4, -0.2) is 70.3 Å². The van der Waals surface area contributed by atoms with Crippen molar-refractivity contribution in [1.29, 1.82) is 0 Å². The second kappa shape index (κ2) is 10.4. The first-order valence-corrected chi connectivity index (χ1v) is 11.0. The van der Waals surface area contributed by atoms with E-state index in [4.69, 9.17) is 9.47 Å². The largest absolute Gasteiger partial charge is 0.534 e. The van der Waals surface area contributed by atoms with E-state index < -0.39 is 57.1 Å². The van der Waals surface area contributed by atoms with Gasteiger partial charge in [-0.05, 0) is 27.7 Å². The number of Topliss-reactive ketones (excluding diaryl/α,β-unsaturated/α-hetero) is 1. The van der Waals surface area contributed by atoms with Gasteiger partial charge in [-0.25, -0.2) is 4.79 Å². The number of halogens is 3. The Morgan fingerprint density at radius 2 is 1.55 bits per heavy atom. The highest BCUT2D eigenvalue weighted by Crippen LogP contribution is 2.34. The Morgan fingerprint density at radius 1 is 1.00 bits per heavy atom. The number of esters is 2. The summed E-state index contributed by atoms with van der Waals surface area (Å²) in [5.41, 5.74) is -7.38. The molecular weight excluding hydrogens is 477 g/mol. The molecule has 190 valence electrons. The summed E-state index contributed by atoms with van der Waals surface area (Å²) in [5, 5.41) is 0. The SMILES string of the molecule is COC(=O)C1=C(OS(=O)(=O)C(F)(F)F)CC(C)(C)OC1.COC(=O)C1COC(C)(C)CC1=O. The average Bonchev–Trinajstić information content (AvgIpc) is 2.65. The third-order valence-electron chi connectivity index (χ3n) is 4.57. The molecule has 0 radical (unpaired) electrons. The average molecular weight is 504 g/mol. The minimum atomic E-state index is -5.84. The summed E-state index contributed by atoms with van der Waals surface area (Å²) < 4.78 is 82.4. The monoisotopic (exact) mass is 504 g/mol. The molecule has 1 saturated heterocycles. The van der Waals surface area contributed by atoms with Crippen LogP contribution in [0, 0.1) is 5.92 Å². The fraction of sp³-hybridized carbons (Fsp3) is 0.737. The molecule has 2 aliphatic rings. The van der Waals surface area contributed by atoms with Gasteiger partial charge in [-0.15, -0.1) is 0 Å². The van der Waals surface area contributed by atoms with Crippen molar-refractivity contribution >= 4 is 27.8 Å². The van der Waals surface area contributed by atoms with E-state index in [0.29, 0.717) is 0 Å². The molecule has 14 heteroatoms. The first-order chi connectivity index (χ1) is 14.9.